The van der Waals surface area contributed by atoms with Crippen LogP contribution >= 0.6 is 0 Å². The maximum Gasteiger partial charge on any atom is 0.306 e. The molecule has 148 valence electrons. The van der Waals surface area contributed by atoms with Gasteiger partial charge in [-0.3, -0.25) is 9.59 Å². The molecule has 2 aliphatic rings. The highest BCUT2D eigenvalue weighted by Crippen LogP contribution is 2.31. The number of sulfonamides is 1. The molecule has 0 spiro atoms. The first kappa shape index (κ1) is 19.8. The second-order valence-corrected chi connectivity index (χ2v) is 9.44. The molecule has 7 nitrogen and oxygen atoms in total. The van der Waals surface area contributed by atoms with Gasteiger partial charge in [-0.2, -0.15) is 0 Å². The molecule has 1 amide bonds. The Labute approximate surface area is 159 Å². The molecule has 3 rings (SSSR count). The summed E-state index contributed by atoms with van der Waals surface area (Å²) >= 11 is 0. The average molecular weight is 394 g/mol. The SMILES string of the molecule is O=C(O)[C@@H]1CC[C@H](C(=O)NC2CCN(S(=O)(=O)Cc3ccccc3)CC2)C1. The molecule has 2 N–H and O–H groups in total. The lowest BCUT2D eigenvalue weighted by atomic mass is 10.0. The summed E-state index contributed by atoms with van der Waals surface area (Å²) < 4.78 is 26.7. The van der Waals surface area contributed by atoms with E-state index in [1.807, 2.05) is 18.2 Å². The van der Waals surface area contributed by atoms with Crippen molar-refractivity contribution in [2.45, 2.75) is 43.9 Å². The Morgan fingerprint density at radius 1 is 1.04 bits per heavy atom. The Hall–Kier alpha value is -1.93. The average Bonchev–Trinajstić information content (AvgIpc) is 3.13. The number of carboxylic acid groups (broad SMARTS) is 1. The predicted octanol–water partition coefficient (Wildman–Crippen LogP) is 1.60. The number of hydrogen-bond acceptors (Lipinski definition) is 4. The number of carbonyl (C=O) groups excluding carboxylic acids is 1. The van der Waals surface area contributed by atoms with E-state index < -0.39 is 21.9 Å². The number of amides is 1. The van der Waals surface area contributed by atoms with Crippen LogP contribution in [0, 0.1) is 11.8 Å². The minimum absolute atomic E-state index is 0.0104. The van der Waals surface area contributed by atoms with Crippen molar-refractivity contribution in [1.29, 1.82) is 0 Å². The van der Waals surface area contributed by atoms with E-state index in [9.17, 15) is 18.0 Å². The highest BCUT2D eigenvalue weighted by molar-refractivity contribution is 7.88. The smallest absolute Gasteiger partial charge is 0.306 e. The van der Waals surface area contributed by atoms with E-state index in [1.165, 1.54) is 4.31 Å². The minimum Gasteiger partial charge on any atom is -0.481 e. The molecule has 1 aromatic carbocycles. The quantitative estimate of drug-likeness (QED) is 0.763. The number of benzene rings is 1. The Kier molecular flexibility index (Phi) is 6.16. The lowest BCUT2D eigenvalue weighted by molar-refractivity contribution is -0.141. The highest BCUT2D eigenvalue weighted by atomic mass is 32.2. The van der Waals surface area contributed by atoms with Crippen LogP contribution in [0.1, 0.15) is 37.7 Å². The molecule has 8 heteroatoms. The van der Waals surface area contributed by atoms with Crippen molar-refractivity contribution < 1.29 is 23.1 Å². The maximum absolute atomic E-state index is 12.6. The molecule has 0 aromatic heterocycles. The number of carboxylic acids is 1. The second-order valence-electron chi connectivity index (χ2n) is 7.47. The van der Waals surface area contributed by atoms with Crippen molar-refractivity contribution >= 4 is 21.9 Å². The highest BCUT2D eigenvalue weighted by Gasteiger charge is 2.35. The monoisotopic (exact) mass is 394 g/mol. The Morgan fingerprint density at radius 3 is 2.26 bits per heavy atom. The van der Waals surface area contributed by atoms with Gasteiger partial charge in [0.05, 0.1) is 11.7 Å². The van der Waals surface area contributed by atoms with Crippen molar-refractivity contribution in [1.82, 2.24) is 9.62 Å². The molecule has 2 atom stereocenters. The molecular formula is C19H26N2O5S. The summed E-state index contributed by atoms with van der Waals surface area (Å²) in [4.78, 5) is 23.4. The van der Waals surface area contributed by atoms with Gasteiger partial charge in [0.1, 0.15) is 0 Å². The number of piperidine rings is 1. The lowest BCUT2D eigenvalue weighted by Gasteiger charge is -2.32. The fraction of sp³-hybridized carbons (Fsp3) is 0.579. The van der Waals surface area contributed by atoms with Crippen molar-refractivity contribution in [2.24, 2.45) is 11.8 Å². The van der Waals surface area contributed by atoms with E-state index in [1.54, 1.807) is 12.1 Å². The van der Waals surface area contributed by atoms with Crippen LogP contribution in [0.5, 0.6) is 0 Å². The summed E-state index contributed by atoms with van der Waals surface area (Å²) in [6.07, 6.45) is 2.70. The van der Waals surface area contributed by atoms with Gasteiger partial charge in [-0.25, -0.2) is 12.7 Å². The fourth-order valence-corrected chi connectivity index (χ4v) is 5.48. The van der Waals surface area contributed by atoms with E-state index >= 15 is 0 Å². The number of nitrogens with zero attached hydrogens (tertiary/aromatic N) is 1. The molecule has 0 radical (unpaired) electrons. The van der Waals surface area contributed by atoms with Gasteiger partial charge in [0.15, 0.2) is 0 Å². The molecule has 1 heterocycles. The fourth-order valence-electron chi connectivity index (χ4n) is 3.92. The number of nitrogens with one attached hydrogen (secondary N) is 1. The Balaban J connectivity index is 1.47. The zero-order valence-electron chi connectivity index (χ0n) is 15.2. The summed E-state index contributed by atoms with van der Waals surface area (Å²) in [6, 6.07) is 9.06. The molecule has 0 unspecified atom stereocenters. The van der Waals surface area contributed by atoms with E-state index in [-0.39, 0.29) is 23.6 Å². The summed E-state index contributed by atoms with van der Waals surface area (Å²) in [6.45, 7) is 0.783. The summed E-state index contributed by atoms with van der Waals surface area (Å²) in [7, 11) is -3.37. The number of carbonyl (C=O) groups is 2. The first-order valence-electron chi connectivity index (χ1n) is 9.40. The van der Waals surface area contributed by atoms with Crippen molar-refractivity contribution in [3.8, 4) is 0 Å². The first-order valence-corrected chi connectivity index (χ1v) is 11.0. The van der Waals surface area contributed by atoms with E-state index in [2.05, 4.69) is 5.32 Å². The third kappa shape index (κ3) is 5.07. The standard InChI is InChI=1S/C19H26N2O5S/c22-18(15-6-7-16(12-15)19(23)24)20-17-8-10-21(11-9-17)27(25,26)13-14-4-2-1-3-5-14/h1-5,15-17H,6-13H2,(H,20,22)(H,23,24)/t15-,16+/m0/s1. The first-order chi connectivity index (χ1) is 12.8. The summed E-state index contributed by atoms with van der Waals surface area (Å²) in [5, 5.41) is 12.0. The van der Waals surface area contributed by atoms with E-state index in [4.69, 9.17) is 5.11 Å². The molecular weight excluding hydrogens is 368 g/mol. The number of hydrogen-bond donors (Lipinski definition) is 2. The third-order valence-corrected chi connectivity index (χ3v) is 7.39. The number of rotatable bonds is 6. The predicted molar refractivity (Wildman–Crippen MR) is 100 cm³/mol. The van der Waals surface area contributed by atoms with Crippen molar-refractivity contribution in [3.05, 3.63) is 35.9 Å². The largest absolute Gasteiger partial charge is 0.481 e. The zero-order valence-corrected chi connectivity index (χ0v) is 16.0. The summed E-state index contributed by atoms with van der Waals surface area (Å²) in [5.41, 5.74) is 0.766. The molecule has 1 aromatic rings. The summed E-state index contributed by atoms with van der Waals surface area (Å²) in [5.74, 6) is -1.60. The van der Waals surface area contributed by atoms with E-state index in [0.717, 1.165) is 5.56 Å². The van der Waals surface area contributed by atoms with Gasteiger partial charge >= 0.3 is 5.97 Å². The van der Waals surface area contributed by atoms with Crippen LogP contribution in [0.25, 0.3) is 0 Å². The zero-order chi connectivity index (χ0) is 19.4. The van der Waals surface area contributed by atoms with Gasteiger partial charge in [0.2, 0.25) is 15.9 Å². The minimum atomic E-state index is -3.37. The van der Waals surface area contributed by atoms with Crippen LogP contribution in [0.15, 0.2) is 30.3 Å². The van der Waals surface area contributed by atoms with Crippen LogP contribution in [-0.2, 0) is 25.4 Å². The van der Waals surface area contributed by atoms with Gasteiger partial charge < -0.3 is 10.4 Å². The molecule has 2 fully saturated rings. The Bertz CT molecular complexity index is 773. The second kappa shape index (κ2) is 8.39. The van der Waals surface area contributed by atoms with Gasteiger partial charge in [0.25, 0.3) is 0 Å². The van der Waals surface area contributed by atoms with Crippen LogP contribution < -0.4 is 5.32 Å². The van der Waals surface area contributed by atoms with Gasteiger partial charge in [0, 0.05) is 25.0 Å². The van der Waals surface area contributed by atoms with Gasteiger partial charge in [-0.1, -0.05) is 30.3 Å². The number of aliphatic carboxylic acids is 1. The molecule has 1 saturated carbocycles. The van der Waals surface area contributed by atoms with E-state index in [0.29, 0.717) is 45.2 Å². The topological polar surface area (TPSA) is 104 Å². The van der Waals surface area contributed by atoms with Crippen LogP contribution in [-0.4, -0.2) is 48.8 Å². The molecule has 1 aliphatic carbocycles. The third-order valence-electron chi connectivity index (χ3n) is 5.54. The van der Waals surface area contributed by atoms with Crippen molar-refractivity contribution in [3.63, 3.8) is 0 Å². The molecule has 27 heavy (non-hydrogen) atoms. The van der Waals surface area contributed by atoms with Crippen LogP contribution in [0.3, 0.4) is 0 Å². The molecule has 1 saturated heterocycles. The molecule has 0 bridgehead atoms. The Morgan fingerprint density at radius 2 is 1.67 bits per heavy atom. The van der Waals surface area contributed by atoms with Gasteiger partial charge in [-0.15, -0.1) is 0 Å². The van der Waals surface area contributed by atoms with Crippen LogP contribution in [0.4, 0.5) is 0 Å². The lowest BCUT2D eigenvalue weighted by Crippen LogP contribution is -2.47. The normalized spacial score (nSPS) is 24.6. The maximum atomic E-state index is 12.6. The van der Waals surface area contributed by atoms with Crippen molar-refractivity contribution in [2.75, 3.05) is 13.1 Å². The van der Waals surface area contributed by atoms with Gasteiger partial charge in [-0.05, 0) is 37.7 Å². The molecule has 1 aliphatic heterocycles. The van der Waals surface area contributed by atoms with Crippen LogP contribution in [0.2, 0.25) is 0 Å².